The van der Waals surface area contributed by atoms with Crippen LogP contribution < -0.4 is 10.6 Å². The minimum absolute atomic E-state index is 0.0513. The van der Waals surface area contributed by atoms with Crippen LogP contribution in [-0.4, -0.2) is 30.7 Å². The summed E-state index contributed by atoms with van der Waals surface area (Å²) in [4.78, 5) is 11.9. The highest BCUT2D eigenvalue weighted by atomic mass is 32.2. The van der Waals surface area contributed by atoms with Crippen LogP contribution in [0.1, 0.15) is 11.1 Å². The van der Waals surface area contributed by atoms with Crippen molar-refractivity contribution in [2.45, 2.75) is 19.2 Å². The van der Waals surface area contributed by atoms with Gasteiger partial charge in [0.2, 0.25) is 5.91 Å². The van der Waals surface area contributed by atoms with E-state index in [1.807, 2.05) is 24.3 Å². The van der Waals surface area contributed by atoms with Crippen LogP contribution in [0, 0.1) is 0 Å². The standard InChI is InChI=1S/C13H18N2O2S/c1-17-7-11-5-3-2-4-10(11)6-14-13(16)12-8-18-9-15-12/h2-5,12,15H,6-9H2,1H3,(H,14,16). The first-order chi connectivity index (χ1) is 8.81. The number of amides is 1. The molecule has 1 unspecified atom stereocenters. The van der Waals surface area contributed by atoms with E-state index in [1.54, 1.807) is 18.9 Å². The van der Waals surface area contributed by atoms with E-state index < -0.39 is 0 Å². The molecule has 1 aliphatic rings. The number of carbonyl (C=O) groups is 1. The Morgan fingerprint density at radius 3 is 2.94 bits per heavy atom. The molecule has 4 nitrogen and oxygen atoms in total. The van der Waals surface area contributed by atoms with Crippen LogP contribution in [0.2, 0.25) is 0 Å². The molecule has 0 radical (unpaired) electrons. The SMILES string of the molecule is COCc1ccccc1CNC(=O)C1CSCN1. The predicted molar refractivity (Wildman–Crippen MR) is 73.3 cm³/mol. The van der Waals surface area contributed by atoms with Gasteiger partial charge in [-0.15, -0.1) is 11.8 Å². The Balaban J connectivity index is 1.90. The first-order valence-corrected chi connectivity index (χ1v) is 7.11. The quantitative estimate of drug-likeness (QED) is 0.838. The lowest BCUT2D eigenvalue weighted by molar-refractivity contribution is -0.122. The van der Waals surface area contributed by atoms with Gasteiger partial charge in [-0.1, -0.05) is 24.3 Å². The molecular formula is C13H18N2O2S. The molecule has 18 heavy (non-hydrogen) atoms. The number of ether oxygens (including phenoxy) is 1. The van der Waals surface area contributed by atoms with Gasteiger partial charge in [-0.25, -0.2) is 0 Å². The molecule has 5 heteroatoms. The number of hydrogen-bond donors (Lipinski definition) is 2. The number of benzene rings is 1. The first kappa shape index (κ1) is 13.4. The van der Waals surface area contributed by atoms with E-state index in [2.05, 4.69) is 10.6 Å². The molecular weight excluding hydrogens is 248 g/mol. The van der Waals surface area contributed by atoms with Gasteiger partial charge >= 0.3 is 0 Å². The number of thioether (sulfide) groups is 1. The highest BCUT2D eigenvalue weighted by Crippen LogP contribution is 2.11. The second-order valence-corrected chi connectivity index (χ2v) is 5.22. The normalized spacial score (nSPS) is 18.8. The number of hydrogen-bond acceptors (Lipinski definition) is 4. The van der Waals surface area contributed by atoms with Crippen molar-refractivity contribution in [3.8, 4) is 0 Å². The largest absolute Gasteiger partial charge is 0.380 e. The topological polar surface area (TPSA) is 50.4 Å². The van der Waals surface area contributed by atoms with Crippen molar-refractivity contribution in [2.75, 3.05) is 18.7 Å². The maximum atomic E-state index is 11.9. The highest BCUT2D eigenvalue weighted by molar-refractivity contribution is 7.99. The summed E-state index contributed by atoms with van der Waals surface area (Å²) in [5, 5.41) is 6.13. The molecule has 1 saturated heterocycles. The van der Waals surface area contributed by atoms with Crippen LogP contribution in [0.15, 0.2) is 24.3 Å². The van der Waals surface area contributed by atoms with Crippen molar-refractivity contribution < 1.29 is 9.53 Å². The van der Waals surface area contributed by atoms with Crippen LogP contribution in [0.5, 0.6) is 0 Å². The van der Waals surface area contributed by atoms with Crippen molar-refractivity contribution in [3.63, 3.8) is 0 Å². The molecule has 1 amide bonds. The molecule has 1 heterocycles. The highest BCUT2D eigenvalue weighted by Gasteiger charge is 2.21. The second-order valence-electron chi connectivity index (χ2n) is 4.19. The summed E-state index contributed by atoms with van der Waals surface area (Å²) in [6.07, 6.45) is 0. The summed E-state index contributed by atoms with van der Waals surface area (Å²) in [7, 11) is 1.68. The molecule has 0 aromatic heterocycles. The van der Waals surface area contributed by atoms with E-state index in [1.165, 1.54) is 0 Å². The lowest BCUT2D eigenvalue weighted by atomic mass is 10.1. The van der Waals surface area contributed by atoms with Crippen molar-refractivity contribution in [2.24, 2.45) is 0 Å². The number of nitrogens with one attached hydrogen (secondary N) is 2. The zero-order valence-corrected chi connectivity index (χ0v) is 11.3. The summed E-state index contributed by atoms with van der Waals surface area (Å²) >= 11 is 1.75. The van der Waals surface area contributed by atoms with E-state index in [0.29, 0.717) is 13.2 Å². The van der Waals surface area contributed by atoms with Crippen molar-refractivity contribution in [1.29, 1.82) is 0 Å². The molecule has 1 fully saturated rings. The van der Waals surface area contributed by atoms with Gasteiger partial charge in [0.05, 0.1) is 12.6 Å². The van der Waals surface area contributed by atoms with Gasteiger partial charge in [0.1, 0.15) is 0 Å². The lowest BCUT2D eigenvalue weighted by Gasteiger charge is -2.13. The molecule has 1 atom stereocenters. The van der Waals surface area contributed by atoms with Gasteiger partial charge in [-0.05, 0) is 11.1 Å². The first-order valence-electron chi connectivity index (χ1n) is 5.96. The third kappa shape index (κ3) is 3.48. The van der Waals surface area contributed by atoms with E-state index in [9.17, 15) is 4.79 Å². The minimum atomic E-state index is -0.0513. The number of methoxy groups -OCH3 is 1. The third-order valence-corrected chi connectivity index (χ3v) is 3.84. The van der Waals surface area contributed by atoms with E-state index in [0.717, 1.165) is 22.8 Å². The summed E-state index contributed by atoms with van der Waals surface area (Å²) in [6.45, 7) is 1.13. The maximum absolute atomic E-state index is 11.9. The van der Waals surface area contributed by atoms with Crippen LogP contribution in [0.3, 0.4) is 0 Å². The molecule has 1 aliphatic heterocycles. The Labute approximate surface area is 111 Å². The van der Waals surface area contributed by atoms with Crippen LogP contribution >= 0.6 is 11.8 Å². The molecule has 98 valence electrons. The molecule has 0 spiro atoms. The molecule has 0 aliphatic carbocycles. The van der Waals surface area contributed by atoms with Crippen molar-refractivity contribution >= 4 is 17.7 Å². The number of rotatable bonds is 5. The van der Waals surface area contributed by atoms with Crippen molar-refractivity contribution in [3.05, 3.63) is 35.4 Å². The Kier molecular flexibility index (Phi) is 5.04. The van der Waals surface area contributed by atoms with E-state index >= 15 is 0 Å². The zero-order valence-electron chi connectivity index (χ0n) is 10.4. The fraction of sp³-hybridized carbons (Fsp3) is 0.462. The van der Waals surface area contributed by atoms with Crippen LogP contribution in [-0.2, 0) is 22.7 Å². The Bertz CT molecular complexity index is 406. The summed E-state index contributed by atoms with van der Waals surface area (Å²) in [5.74, 6) is 1.79. The number of carbonyl (C=O) groups excluding carboxylic acids is 1. The molecule has 2 rings (SSSR count). The predicted octanol–water partition coefficient (Wildman–Crippen LogP) is 1.11. The van der Waals surface area contributed by atoms with Gasteiger partial charge < -0.3 is 10.1 Å². The minimum Gasteiger partial charge on any atom is -0.380 e. The zero-order chi connectivity index (χ0) is 12.8. The van der Waals surface area contributed by atoms with Gasteiger partial charge in [0.15, 0.2) is 0 Å². The van der Waals surface area contributed by atoms with Crippen LogP contribution in [0.4, 0.5) is 0 Å². The molecule has 1 aromatic rings. The van der Waals surface area contributed by atoms with Crippen molar-refractivity contribution in [1.82, 2.24) is 10.6 Å². The van der Waals surface area contributed by atoms with Gasteiger partial charge in [0.25, 0.3) is 0 Å². The molecule has 0 bridgehead atoms. The maximum Gasteiger partial charge on any atom is 0.238 e. The fourth-order valence-corrected chi connectivity index (χ4v) is 2.84. The summed E-state index contributed by atoms with van der Waals surface area (Å²) in [5.41, 5.74) is 2.23. The average Bonchev–Trinajstić information content (AvgIpc) is 2.92. The van der Waals surface area contributed by atoms with Gasteiger partial charge in [-0.3, -0.25) is 10.1 Å². The summed E-state index contributed by atoms with van der Waals surface area (Å²) < 4.78 is 5.15. The third-order valence-electron chi connectivity index (χ3n) is 2.90. The Morgan fingerprint density at radius 1 is 1.50 bits per heavy atom. The smallest absolute Gasteiger partial charge is 0.238 e. The van der Waals surface area contributed by atoms with Crippen LogP contribution in [0.25, 0.3) is 0 Å². The molecule has 1 aromatic carbocycles. The Hall–Kier alpha value is -1.04. The summed E-state index contributed by atoms with van der Waals surface area (Å²) in [6, 6.07) is 7.95. The van der Waals surface area contributed by atoms with E-state index in [4.69, 9.17) is 4.74 Å². The second kappa shape index (κ2) is 6.78. The average molecular weight is 266 g/mol. The van der Waals surface area contributed by atoms with Gasteiger partial charge in [-0.2, -0.15) is 0 Å². The van der Waals surface area contributed by atoms with E-state index in [-0.39, 0.29) is 11.9 Å². The lowest BCUT2D eigenvalue weighted by Crippen LogP contribution is -2.41. The molecule has 2 N–H and O–H groups in total. The fourth-order valence-electron chi connectivity index (χ4n) is 1.90. The van der Waals surface area contributed by atoms with Gasteiger partial charge in [0, 0.05) is 25.3 Å². The monoisotopic (exact) mass is 266 g/mol. The molecule has 0 saturated carbocycles. The Morgan fingerprint density at radius 2 is 2.28 bits per heavy atom.